The predicted molar refractivity (Wildman–Crippen MR) is 96.5 cm³/mol. The Kier molecular flexibility index (Phi) is 16.7. The van der Waals surface area contributed by atoms with Gasteiger partial charge in [-0.3, -0.25) is 4.79 Å². The highest BCUT2D eigenvalue weighted by Crippen LogP contribution is 2.16. The number of nitroso groups, excluding NO2 is 1. The molecule has 0 N–H and O–H groups in total. The van der Waals surface area contributed by atoms with E-state index in [9.17, 15) is 9.70 Å². The van der Waals surface area contributed by atoms with Crippen LogP contribution in [0.4, 0.5) is 0 Å². The second-order valence-corrected chi connectivity index (χ2v) is 6.55. The first-order chi connectivity index (χ1) is 11.2. The van der Waals surface area contributed by atoms with Gasteiger partial charge in [0.1, 0.15) is 0 Å². The summed E-state index contributed by atoms with van der Waals surface area (Å²) in [6.45, 7) is 2.20. The highest BCUT2D eigenvalue weighted by molar-refractivity contribution is 5.68. The van der Waals surface area contributed by atoms with Gasteiger partial charge in [-0.05, 0) is 19.3 Å². The topological polar surface area (TPSA) is 55.7 Å². The number of carbonyl (C=O) groups is 1. The first-order valence-corrected chi connectivity index (χ1v) is 9.63. The van der Waals surface area contributed by atoms with Crippen molar-refractivity contribution in [1.82, 2.24) is 0 Å². The van der Waals surface area contributed by atoms with Crippen molar-refractivity contribution >= 4 is 5.97 Å². The first kappa shape index (κ1) is 22.1. The maximum atomic E-state index is 10.9. The van der Waals surface area contributed by atoms with Crippen molar-refractivity contribution in [1.29, 1.82) is 0 Å². The molecule has 0 aromatic heterocycles. The van der Waals surface area contributed by atoms with Gasteiger partial charge >= 0.3 is 5.97 Å². The van der Waals surface area contributed by atoms with Gasteiger partial charge < -0.3 is 4.74 Å². The van der Waals surface area contributed by atoms with Crippen LogP contribution in [0.3, 0.4) is 0 Å². The number of esters is 1. The molecule has 4 heteroatoms. The fourth-order valence-corrected chi connectivity index (χ4v) is 2.87. The quantitative estimate of drug-likeness (QED) is 0.182. The zero-order valence-electron chi connectivity index (χ0n) is 15.4. The lowest BCUT2D eigenvalue weighted by Crippen LogP contribution is -2.03. The maximum absolute atomic E-state index is 10.9. The van der Waals surface area contributed by atoms with E-state index in [1.165, 1.54) is 58.5 Å². The molecule has 0 amide bonds. The first-order valence-electron chi connectivity index (χ1n) is 9.63. The SMILES string of the molecule is CCCCCCC(CCCCCCCCCCC(=O)OC)N=O. The minimum atomic E-state index is -0.0990. The van der Waals surface area contributed by atoms with E-state index >= 15 is 0 Å². The summed E-state index contributed by atoms with van der Waals surface area (Å²) < 4.78 is 4.62. The predicted octanol–water partition coefficient (Wildman–Crippen LogP) is 6.17. The van der Waals surface area contributed by atoms with Gasteiger partial charge in [-0.2, -0.15) is 4.91 Å². The van der Waals surface area contributed by atoms with Crippen molar-refractivity contribution < 1.29 is 9.53 Å². The Morgan fingerprint density at radius 3 is 1.78 bits per heavy atom. The molecule has 4 nitrogen and oxygen atoms in total. The molecule has 0 spiro atoms. The zero-order valence-corrected chi connectivity index (χ0v) is 15.4. The number of hydrogen-bond acceptors (Lipinski definition) is 4. The van der Waals surface area contributed by atoms with Crippen molar-refractivity contribution in [2.45, 2.75) is 109 Å². The number of unbranched alkanes of at least 4 members (excludes halogenated alkanes) is 10. The molecular formula is C19H37NO3. The molecule has 0 aromatic rings. The number of ether oxygens (including phenoxy) is 1. The number of carbonyl (C=O) groups excluding carboxylic acids is 1. The third-order valence-electron chi connectivity index (χ3n) is 4.44. The lowest BCUT2D eigenvalue weighted by molar-refractivity contribution is -0.140. The summed E-state index contributed by atoms with van der Waals surface area (Å²) in [6, 6.07) is 0.0465. The average molecular weight is 328 g/mol. The van der Waals surface area contributed by atoms with Crippen molar-refractivity contribution in [3.63, 3.8) is 0 Å². The Morgan fingerprint density at radius 1 is 0.826 bits per heavy atom. The van der Waals surface area contributed by atoms with Crippen molar-refractivity contribution in [2.24, 2.45) is 5.18 Å². The molecule has 0 aromatic carbocycles. The van der Waals surface area contributed by atoms with E-state index in [-0.39, 0.29) is 12.0 Å². The molecule has 0 saturated carbocycles. The molecule has 0 saturated heterocycles. The largest absolute Gasteiger partial charge is 0.469 e. The molecule has 136 valence electrons. The summed E-state index contributed by atoms with van der Waals surface area (Å²) in [5, 5.41) is 3.29. The molecule has 0 heterocycles. The molecule has 0 fully saturated rings. The maximum Gasteiger partial charge on any atom is 0.305 e. The number of rotatable bonds is 17. The van der Waals surface area contributed by atoms with Gasteiger partial charge in [0.15, 0.2) is 0 Å². The van der Waals surface area contributed by atoms with Crippen LogP contribution < -0.4 is 0 Å². The highest BCUT2D eigenvalue weighted by atomic mass is 16.5. The van der Waals surface area contributed by atoms with Crippen molar-refractivity contribution in [2.75, 3.05) is 7.11 Å². The molecule has 0 bridgehead atoms. The van der Waals surface area contributed by atoms with E-state index in [4.69, 9.17) is 0 Å². The monoisotopic (exact) mass is 327 g/mol. The van der Waals surface area contributed by atoms with Gasteiger partial charge in [0.2, 0.25) is 0 Å². The van der Waals surface area contributed by atoms with E-state index in [1.807, 2.05) is 0 Å². The average Bonchev–Trinajstić information content (AvgIpc) is 2.57. The minimum absolute atomic E-state index is 0.0465. The molecule has 1 unspecified atom stereocenters. The number of hydrogen-bond donors (Lipinski definition) is 0. The minimum Gasteiger partial charge on any atom is -0.469 e. The van der Waals surface area contributed by atoms with E-state index in [2.05, 4.69) is 16.8 Å². The molecule has 0 aliphatic rings. The van der Waals surface area contributed by atoms with E-state index in [1.54, 1.807) is 0 Å². The van der Waals surface area contributed by atoms with Crippen LogP contribution in [0.2, 0.25) is 0 Å². The third-order valence-corrected chi connectivity index (χ3v) is 4.44. The van der Waals surface area contributed by atoms with Gasteiger partial charge in [-0.1, -0.05) is 82.7 Å². The standard InChI is InChI=1S/C19H37NO3/c1-3-4-5-12-15-18(20-22)16-13-10-8-6-7-9-11-14-17-19(21)23-2/h18H,3-17H2,1-2H3. The van der Waals surface area contributed by atoms with Crippen LogP contribution in [-0.4, -0.2) is 19.1 Å². The van der Waals surface area contributed by atoms with Gasteiger partial charge in [-0.25, -0.2) is 0 Å². The Bertz CT molecular complexity index is 282. The van der Waals surface area contributed by atoms with Crippen LogP contribution in [0.5, 0.6) is 0 Å². The fourth-order valence-electron chi connectivity index (χ4n) is 2.87. The van der Waals surface area contributed by atoms with Crippen molar-refractivity contribution in [3.05, 3.63) is 4.91 Å². The lowest BCUT2D eigenvalue weighted by Gasteiger charge is -2.08. The van der Waals surface area contributed by atoms with Crippen LogP contribution in [-0.2, 0) is 9.53 Å². The second-order valence-electron chi connectivity index (χ2n) is 6.55. The summed E-state index contributed by atoms with van der Waals surface area (Å²) in [4.78, 5) is 21.8. The molecule has 1 atom stereocenters. The van der Waals surface area contributed by atoms with Crippen LogP contribution in [0.1, 0.15) is 103 Å². The van der Waals surface area contributed by atoms with Crippen LogP contribution in [0.15, 0.2) is 5.18 Å². The molecule has 0 rings (SSSR count). The second kappa shape index (κ2) is 17.4. The summed E-state index contributed by atoms with van der Waals surface area (Å²) in [7, 11) is 1.44. The summed E-state index contributed by atoms with van der Waals surface area (Å²) >= 11 is 0. The number of nitrogens with zero attached hydrogens (tertiary/aromatic N) is 1. The van der Waals surface area contributed by atoms with Gasteiger partial charge in [0.05, 0.1) is 13.2 Å². The normalized spacial score (nSPS) is 12.1. The molecular weight excluding hydrogens is 290 g/mol. The van der Waals surface area contributed by atoms with E-state index in [0.717, 1.165) is 38.5 Å². The summed E-state index contributed by atoms with van der Waals surface area (Å²) in [5.41, 5.74) is 0. The Labute approximate surface area is 142 Å². The lowest BCUT2D eigenvalue weighted by atomic mass is 10.0. The van der Waals surface area contributed by atoms with Gasteiger partial charge in [0, 0.05) is 6.42 Å². The molecule has 0 aliphatic carbocycles. The van der Waals surface area contributed by atoms with Gasteiger partial charge in [0.25, 0.3) is 0 Å². The number of methoxy groups -OCH3 is 1. The smallest absolute Gasteiger partial charge is 0.305 e. The van der Waals surface area contributed by atoms with Gasteiger partial charge in [-0.15, -0.1) is 0 Å². The van der Waals surface area contributed by atoms with E-state index in [0.29, 0.717) is 6.42 Å². The Hall–Kier alpha value is -0.930. The highest BCUT2D eigenvalue weighted by Gasteiger charge is 2.07. The third kappa shape index (κ3) is 15.7. The molecule has 0 aliphatic heterocycles. The van der Waals surface area contributed by atoms with Crippen molar-refractivity contribution in [3.8, 4) is 0 Å². The Morgan fingerprint density at radius 2 is 1.30 bits per heavy atom. The van der Waals surface area contributed by atoms with Crippen LogP contribution in [0.25, 0.3) is 0 Å². The zero-order chi connectivity index (χ0) is 17.2. The molecule has 23 heavy (non-hydrogen) atoms. The summed E-state index contributed by atoms with van der Waals surface area (Å²) in [6.07, 6.45) is 16.7. The van der Waals surface area contributed by atoms with Crippen LogP contribution >= 0.6 is 0 Å². The van der Waals surface area contributed by atoms with Crippen LogP contribution in [0, 0.1) is 4.91 Å². The van der Waals surface area contributed by atoms with E-state index < -0.39 is 0 Å². The fraction of sp³-hybridized carbons (Fsp3) is 0.947. The summed E-state index contributed by atoms with van der Waals surface area (Å²) in [5.74, 6) is -0.0990. The molecule has 0 radical (unpaired) electrons. The Balaban J connectivity index is 3.30.